The van der Waals surface area contributed by atoms with Crippen molar-refractivity contribution in [3.63, 3.8) is 0 Å². The monoisotopic (exact) mass is 334 g/mol. The third kappa shape index (κ3) is 14.4. The molecule has 116 valence electrons. The fourth-order valence-corrected chi connectivity index (χ4v) is 1.48. The summed E-state index contributed by atoms with van der Waals surface area (Å²) in [7, 11) is -8.67. The topological polar surface area (TPSA) is 129 Å². The molecule has 0 saturated heterocycles. The van der Waals surface area contributed by atoms with Gasteiger partial charge in [-0.05, 0) is 12.1 Å². The van der Waals surface area contributed by atoms with Gasteiger partial charge in [-0.3, -0.25) is 13.7 Å². The average Bonchev–Trinajstić information content (AvgIpc) is 2.40. The van der Waals surface area contributed by atoms with Crippen molar-refractivity contribution in [2.45, 2.75) is 4.90 Å². The van der Waals surface area contributed by atoms with E-state index in [9.17, 15) is 8.42 Å². The normalized spacial score (nSPS) is 10.4. The Labute approximate surface area is 123 Å². The van der Waals surface area contributed by atoms with Gasteiger partial charge in [-0.2, -0.15) is 16.8 Å². The smallest absolute Gasteiger partial charge is 0.282 e. The van der Waals surface area contributed by atoms with Gasteiger partial charge in [0, 0.05) is 0 Å². The highest BCUT2D eigenvalue weighted by Gasteiger charge is 2.05. The fourth-order valence-electron chi connectivity index (χ4n) is 0.977. The summed E-state index contributed by atoms with van der Waals surface area (Å²) in [5.74, 6) is 0. The van der Waals surface area contributed by atoms with Gasteiger partial charge in [0.2, 0.25) is 0 Å². The zero-order valence-corrected chi connectivity index (χ0v) is 12.3. The molecule has 2 aromatic carbocycles. The lowest BCUT2D eigenvalue weighted by Gasteiger charge is -1.92. The van der Waals surface area contributed by atoms with Crippen LogP contribution in [0.4, 0.5) is 0 Å². The van der Waals surface area contributed by atoms with Crippen molar-refractivity contribution in [2.24, 2.45) is 0 Å². The van der Waals surface area contributed by atoms with Crippen molar-refractivity contribution in [1.82, 2.24) is 0 Å². The van der Waals surface area contributed by atoms with E-state index < -0.39 is 20.5 Å². The van der Waals surface area contributed by atoms with Crippen LogP contribution in [0.25, 0.3) is 0 Å². The van der Waals surface area contributed by atoms with Gasteiger partial charge < -0.3 is 0 Å². The Kier molecular flexibility index (Phi) is 8.43. The maximum atomic E-state index is 10.4. The van der Waals surface area contributed by atoms with Crippen LogP contribution < -0.4 is 0 Å². The minimum absolute atomic E-state index is 0.0741. The van der Waals surface area contributed by atoms with Crippen molar-refractivity contribution >= 4 is 20.5 Å². The van der Waals surface area contributed by atoms with E-state index in [0.29, 0.717) is 0 Å². The molecule has 0 aromatic heterocycles. The molecule has 0 amide bonds. The lowest BCUT2D eigenvalue weighted by atomic mass is 10.4. The van der Waals surface area contributed by atoms with Gasteiger partial charge in [0.05, 0.1) is 4.90 Å². The predicted octanol–water partition coefficient (Wildman–Crippen LogP) is 1.97. The molecule has 0 unspecified atom stereocenters. The van der Waals surface area contributed by atoms with Crippen molar-refractivity contribution in [3.05, 3.63) is 66.7 Å². The number of benzene rings is 2. The number of hydrogen-bond donors (Lipinski definition) is 3. The maximum absolute atomic E-state index is 10.4. The quantitative estimate of drug-likeness (QED) is 0.680. The van der Waals surface area contributed by atoms with Gasteiger partial charge >= 0.3 is 10.4 Å². The largest absolute Gasteiger partial charge is 0.394 e. The van der Waals surface area contributed by atoms with Crippen LogP contribution in [0.3, 0.4) is 0 Å². The van der Waals surface area contributed by atoms with E-state index in [2.05, 4.69) is 0 Å². The van der Waals surface area contributed by atoms with Gasteiger partial charge in [0.25, 0.3) is 10.1 Å². The van der Waals surface area contributed by atoms with Crippen LogP contribution in [0.1, 0.15) is 0 Å². The van der Waals surface area contributed by atoms with E-state index in [4.69, 9.17) is 22.1 Å². The third-order valence-electron chi connectivity index (χ3n) is 1.71. The summed E-state index contributed by atoms with van der Waals surface area (Å²) in [4.78, 5) is -0.0741. The summed E-state index contributed by atoms with van der Waals surface area (Å²) in [5.41, 5.74) is 0. The Morgan fingerprint density at radius 1 is 0.571 bits per heavy atom. The molecule has 0 fully saturated rings. The Balaban J connectivity index is 0.000000312. The van der Waals surface area contributed by atoms with E-state index in [1.165, 1.54) is 12.1 Å². The molecule has 0 aliphatic carbocycles. The predicted molar refractivity (Wildman–Crippen MR) is 76.9 cm³/mol. The molecule has 0 spiro atoms. The van der Waals surface area contributed by atoms with Crippen molar-refractivity contribution in [1.29, 1.82) is 0 Å². The molecule has 9 heteroatoms. The second-order valence-corrected chi connectivity index (χ2v) is 5.71. The minimum Gasteiger partial charge on any atom is -0.282 e. The lowest BCUT2D eigenvalue weighted by molar-refractivity contribution is 0.381. The molecular formula is C12H14O7S2. The molecule has 0 aliphatic rings. The first-order valence-electron chi connectivity index (χ1n) is 5.33. The fraction of sp³-hybridized carbons (Fsp3) is 0. The van der Waals surface area contributed by atoms with Gasteiger partial charge in [0.15, 0.2) is 0 Å². The molecule has 21 heavy (non-hydrogen) atoms. The number of hydrogen-bond acceptors (Lipinski definition) is 4. The molecule has 0 aliphatic heterocycles. The third-order valence-corrected chi connectivity index (χ3v) is 2.58. The van der Waals surface area contributed by atoms with E-state index >= 15 is 0 Å². The molecule has 0 bridgehead atoms. The highest BCUT2D eigenvalue weighted by Crippen LogP contribution is 2.05. The molecule has 7 nitrogen and oxygen atoms in total. The van der Waals surface area contributed by atoms with Crippen LogP contribution >= 0.6 is 0 Å². The van der Waals surface area contributed by atoms with Crippen LogP contribution in [-0.2, 0) is 20.5 Å². The summed E-state index contributed by atoms with van der Waals surface area (Å²) in [5, 5.41) is 0. The number of rotatable bonds is 1. The molecule has 2 rings (SSSR count). The maximum Gasteiger partial charge on any atom is 0.394 e. The van der Waals surface area contributed by atoms with Crippen LogP contribution in [0, 0.1) is 0 Å². The first-order chi connectivity index (χ1) is 9.61. The first-order valence-corrected chi connectivity index (χ1v) is 8.17. The molecule has 0 atom stereocenters. The molecular weight excluding hydrogens is 320 g/mol. The highest BCUT2D eigenvalue weighted by molar-refractivity contribution is 7.85. The summed E-state index contributed by atoms with van der Waals surface area (Å²) < 4.78 is 60.8. The van der Waals surface area contributed by atoms with Crippen LogP contribution in [-0.4, -0.2) is 30.5 Å². The SMILES string of the molecule is O=S(=O)(O)O.O=S(=O)(O)c1ccccc1.c1ccccc1. The van der Waals surface area contributed by atoms with E-state index in [1.54, 1.807) is 18.2 Å². The van der Waals surface area contributed by atoms with Crippen LogP contribution in [0.2, 0.25) is 0 Å². The zero-order valence-electron chi connectivity index (χ0n) is 10.6. The zero-order chi connectivity index (χ0) is 16.4. The average molecular weight is 334 g/mol. The van der Waals surface area contributed by atoms with Crippen molar-refractivity contribution in [3.8, 4) is 0 Å². The van der Waals surface area contributed by atoms with Gasteiger partial charge in [-0.1, -0.05) is 54.6 Å². The lowest BCUT2D eigenvalue weighted by Crippen LogP contribution is -1.96. The Hall–Kier alpha value is -1.78. The summed E-state index contributed by atoms with van der Waals surface area (Å²) in [6.45, 7) is 0. The van der Waals surface area contributed by atoms with Crippen LogP contribution in [0.15, 0.2) is 71.6 Å². The van der Waals surface area contributed by atoms with E-state index in [0.717, 1.165) is 0 Å². The summed E-state index contributed by atoms with van der Waals surface area (Å²) in [6.07, 6.45) is 0. The molecule has 0 heterocycles. The molecule has 3 N–H and O–H groups in total. The molecule has 2 aromatic rings. The second-order valence-electron chi connectivity index (χ2n) is 3.39. The minimum atomic E-state index is -4.67. The Morgan fingerprint density at radius 2 is 0.810 bits per heavy atom. The molecule has 0 saturated carbocycles. The van der Waals surface area contributed by atoms with Gasteiger partial charge in [-0.25, -0.2) is 0 Å². The van der Waals surface area contributed by atoms with Crippen LogP contribution in [0.5, 0.6) is 0 Å². The Morgan fingerprint density at radius 3 is 1.00 bits per heavy atom. The van der Waals surface area contributed by atoms with E-state index in [1.807, 2.05) is 36.4 Å². The van der Waals surface area contributed by atoms with Gasteiger partial charge in [0.1, 0.15) is 0 Å². The summed E-state index contributed by atoms with van der Waals surface area (Å²) >= 11 is 0. The summed E-state index contributed by atoms with van der Waals surface area (Å²) in [6, 6.07) is 19.4. The first kappa shape index (κ1) is 19.2. The van der Waals surface area contributed by atoms with Crippen molar-refractivity contribution in [2.75, 3.05) is 0 Å². The second kappa shape index (κ2) is 9.21. The molecule has 0 radical (unpaired) electrons. The van der Waals surface area contributed by atoms with E-state index in [-0.39, 0.29) is 4.90 Å². The Bertz CT molecular complexity index is 661. The standard InChI is InChI=1S/C6H6O3S.C6H6.H2O4S/c7-10(8,9)6-4-2-1-3-5-6;1-2-4-6-5-3-1;1-5(2,3)4/h1-5H,(H,7,8,9);1-6H;(H2,1,2,3,4). The van der Waals surface area contributed by atoms with Crippen molar-refractivity contribution < 1.29 is 30.5 Å². The highest BCUT2D eigenvalue weighted by atomic mass is 32.3. The van der Waals surface area contributed by atoms with Gasteiger partial charge in [-0.15, -0.1) is 0 Å².